The Balaban J connectivity index is 2.56. The smallest absolute Gasteiger partial charge is 0.174 e. The highest BCUT2D eigenvalue weighted by molar-refractivity contribution is 9.09. The van der Waals surface area contributed by atoms with E-state index in [9.17, 15) is 4.79 Å². The molecule has 1 fully saturated rings. The number of halogens is 1. The average Bonchev–Trinajstić information content (AvgIpc) is 2.04. The predicted octanol–water partition coefficient (Wildman–Crippen LogP) is 1.91. The normalized spacial score (nSPS) is 31.8. The number of hydrogen-bond donors (Lipinski definition) is 0. The average molecular weight is 221 g/mol. The van der Waals surface area contributed by atoms with Gasteiger partial charge >= 0.3 is 0 Å². The van der Waals surface area contributed by atoms with Crippen LogP contribution in [0.15, 0.2) is 0 Å². The van der Waals surface area contributed by atoms with Crippen molar-refractivity contribution < 1.29 is 9.53 Å². The van der Waals surface area contributed by atoms with Crippen LogP contribution in [-0.2, 0) is 9.53 Å². The number of carbonyl (C=O) groups is 1. The zero-order chi connectivity index (χ0) is 8.32. The van der Waals surface area contributed by atoms with Gasteiger partial charge in [0, 0.05) is 6.61 Å². The van der Waals surface area contributed by atoms with Crippen LogP contribution in [0.1, 0.15) is 26.2 Å². The van der Waals surface area contributed by atoms with Crippen molar-refractivity contribution in [2.75, 3.05) is 11.9 Å². The number of rotatable bonds is 2. The zero-order valence-corrected chi connectivity index (χ0v) is 8.32. The Morgan fingerprint density at radius 3 is 2.82 bits per heavy atom. The van der Waals surface area contributed by atoms with E-state index in [1.807, 2.05) is 6.92 Å². The van der Waals surface area contributed by atoms with E-state index in [1.54, 1.807) is 0 Å². The molecule has 1 rings (SSSR count). The zero-order valence-electron chi connectivity index (χ0n) is 6.73. The second-order valence-electron chi connectivity index (χ2n) is 3.09. The molecular weight excluding hydrogens is 208 g/mol. The summed E-state index contributed by atoms with van der Waals surface area (Å²) >= 11 is 3.16. The van der Waals surface area contributed by atoms with E-state index in [1.165, 1.54) is 0 Å². The van der Waals surface area contributed by atoms with Crippen molar-refractivity contribution in [3.63, 3.8) is 0 Å². The Hall–Kier alpha value is 0.110. The number of carbonyl (C=O) groups excluding carboxylic acids is 1. The molecular formula is C8H13BrO2. The molecule has 0 aromatic rings. The topological polar surface area (TPSA) is 26.3 Å². The van der Waals surface area contributed by atoms with Crippen LogP contribution < -0.4 is 0 Å². The van der Waals surface area contributed by atoms with Gasteiger partial charge in [0.1, 0.15) is 5.60 Å². The largest absolute Gasteiger partial charge is 0.367 e. The fourth-order valence-electron chi connectivity index (χ4n) is 1.30. The molecule has 11 heavy (non-hydrogen) atoms. The van der Waals surface area contributed by atoms with E-state index in [0.29, 0.717) is 5.33 Å². The van der Waals surface area contributed by atoms with Crippen LogP contribution in [0.25, 0.3) is 0 Å². The highest BCUT2D eigenvalue weighted by atomic mass is 79.9. The summed E-state index contributed by atoms with van der Waals surface area (Å²) in [7, 11) is 0. The highest BCUT2D eigenvalue weighted by Gasteiger charge is 2.34. The van der Waals surface area contributed by atoms with Crippen molar-refractivity contribution in [1.29, 1.82) is 0 Å². The summed E-state index contributed by atoms with van der Waals surface area (Å²) in [6, 6.07) is 0. The van der Waals surface area contributed by atoms with Crippen LogP contribution in [0, 0.1) is 0 Å². The van der Waals surface area contributed by atoms with Gasteiger partial charge in [-0.25, -0.2) is 0 Å². The third kappa shape index (κ3) is 2.03. The van der Waals surface area contributed by atoms with Crippen molar-refractivity contribution in [2.45, 2.75) is 31.8 Å². The number of alkyl halides is 1. The molecule has 64 valence electrons. The van der Waals surface area contributed by atoms with E-state index in [-0.39, 0.29) is 5.78 Å². The van der Waals surface area contributed by atoms with Crippen molar-refractivity contribution in [1.82, 2.24) is 0 Å². The number of Topliss-reactive ketones (excluding diaryl/α,β-unsaturated/α-hetero) is 1. The summed E-state index contributed by atoms with van der Waals surface area (Å²) in [6.45, 7) is 2.62. The molecule has 0 aliphatic carbocycles. The van der Waals surface area contributed by atoms with Gasteiger partial charge in [0.05, 0.1) is 5.33 Å². The van der Waals surface area contributed by atoms with Crippen LogP contribution in [0.4, 0.5) is 0 Å². The Bertz CT molecular complexity index is 150. The maximum atomic E-state index is 11.3. The summed E-state index contributed by atoms with van der Waals surface area (Å²) in [5.74, 6) is 0.164. The third-order valence-corrected chi connectivity index (χ3v) is 2.69. The van der Waals surface area contributed by atoms with Crippen molar-refractivity contribution >= 4 is 21.7 Å². The SMILES string of the molecule is C[C@@]1(C(=O)CBr)CCCCO1. The lowest BCUT2D eigenvalue weighted by Gasteiger charge is -2.31. The van der Waals surface area contributed by atoms with Crippen LogP contribution in [0.5, 0.6) is 0 Å². The molecule has 0 aromatic carbocycles. The molecule has 0 aromatic heterocycles. The number of ketones is 1. The monoisotopic (exact) mass is 220 g/mol. The number of ether oxygens (including phenoxy) is 1. The maximum Gasteiger partial charge on any atom is 0.174 e. The van der Waals surface area contributed by atoms with Gasteiger partial charge in [0.25, 0.3) is 0 Å². The first-order valence-corrected chi connectivity index (χ1v) is 5.04. The second-order valence-corrected chi connectivity index (χ2v) is 3.65. The Labute approximate surface area is 75.4 Å². The standard InChI is InChI=1S/C8H13BrO2/c1-8(7(10)6-9)4-2-3-5-11-8/h2-6H2,1H3/t8-/m0/s1. The molecule has 1 aliphatic heterocycles. The minimum atomic E-state index is -0.498. The van der Waals surface area contributed by atoms with E-state index in [0.717, 1.165) is 25.9 Å². The van der Waals surface area contributed by atoms with Crippen molar-refractivity contribution in [3.8, 4) is 0 Å². The van der Waals surface area contributed by atoms with Crippen LogP contribution >= 0.6 is 15.9 Å². The summed E-state index contributed by atoms with van der Waals surface area (Å²) in [4.78, 5) is 11.3. The van der Waals surface area contributed by atoms with Gasteiger partial charge in [0.15, 0.2) is 5.78 Å². The van der Waals surface area contributed by atoms with Gasteiger partial charge in [-0.3, -0.25) is 4.79 Å². The number of hydrogen-bond acceptors (Lipinski definition) is 2. The minimum Gasteiger partial charge on any atom is -0.367 e. The van der Waals surface area contributed by atoms with Crippen LogP contribution in [0.3, 0.4) is 0 Å². The minimum absolute atomic E-state index is 0.164. The quantitative estimate of drug-likeness (QED) is 0.666. The Morgan fingerprint density at radius 1 is 1.64 bits per heavy atom. The molecule has 0 bridgehead atoms. The molecule has 0 unspecified atom stereocenters. The lowest BCUT2D eigenvalue weighted by molar-refractivity contribution is -0.145. The summed E-state index contributed by atoms with van der Waals surface area (Å²) in [5, 5.41) is 0.406. The van der Waals surface area contributed by atoms with Gasteiger partial charge in [0.2, 0.25) is 0 Å². The fraction of sp³-hybridized carbons (Fsp3) is 0.875. The first kappa shape index (κ1) is 9.20. The second kappa shape index (κ2) is 3.68. The lowest BCUT2D eigenvalue weighted by Crippen LogP contribution is -2.41. The molecule has 0 radical (unpaired) electrons. The molecule has 0 saturated carbocycles. The third-order valence-electron chi connectivity index (χ3n) is 2.18. The molecule has 3 heteroatoms. The van der Waals surface area contributed by atoms with E-state index in [2.05, 4.69) is 15.9 Å². The molecule has 0 N–H and O–H groups in total. The molecule has 0 spiro atoms. The van der Waals surface area contributed by atoms with Gasteiger partial charge in [-0.05, 0) is 26.2 Å². The van der Waals surface area contributed by atoms with Gasteiger partial charge in [-0.1, -0.05) is 15.9 Å². The van der Waals surface area contributed by atoms with Gasteiger partial charge in [-0.15, -0.1) is 0 Å². The maximum absolute atomic E-state index is 11.3. The Kier molecular flexibility index (Phi) is 3.07. The molecule has 1 heterocycles. The van der Waals surface area contributed by atoms with Crippen LogP contribution in [0.2, 0.25) is 0 Å². The van der Waals surface area contributed by atoms with E-state index in [4.69, 9.17) is 4.74 Å². The summed E-state index contributed by atoms with van der Waals surface area (Å²) < 4.78 is 5.44. The summed E-state index contributed by atoms with van der Waals surface area (Å²) in [5.41, 5.74) is -0.498. The Morgan fingerprint density at radius 2 is 2.36 bits per heavy atom. The molecule has 1 saturated heterocycles. The molecule has 1 aliphatic rings. The van der Waals surface area contributed by atoms with Crippen molar-refractivity contribution in [2.24, 2.45) is 0 Å². The highest BCUT2D eigenvalue weighted by Crippen LogP contribution is 2.25. The van der Waals surface area contributed by atoms with E-state index < -0.39 is 5.60 Å². The predicted molar refractivity (Wildman–Crippen MR) is 47.0 cm³/mol. The first-order valence-electron chi connectivity index (χ1n) is 3.92. The van der Waals surface area contributed by atoms with Crippen molar-refractivity contribution in [3.05, 3.63) is 0 Å². The molecule has 2 nitrogen and oxygen atoms in total. The van der Waals surface area contributed by atoms with Crippen LogP contribution in [-0.4, -0.2) is 23.3 Å². The van der Waals surface area contributed by atoms with Gasteiger partial charge < -0.3 is 4.74 Å². The summed E-state index contributed by atoms with van der Waals surface area (Å²) in [6.07, 6.45) is 3.07. The fourth-order valence-corrected chi connectivity index (χ4v) is 1.89. The molecule has 0 amide bonds. The molecule has 1 atom stereocenters. The van der Waals surface area contributed by atoms with E-state index >= 15 is 0 Å². The lowest BCUT2D eigenvalue weighted by atomic mass is 9.92. The van der Waals surface area contributed by atoms with Gasteiger partial charge in [-0.2, -0.15) is 0 Å². The first-order chi connectivity index (χ1) is 5.19.